The average Bonchev–Trinajstić information content (AvgIpc) is 2.09. The Morgan fingerprint density at radius 2 is 1.92 bits per heavy atom. The molecule has 0 unspecified atom stereocenters. The fraction of sp³-hybridized carbons (Fsp3) is 0.900. The van der Waals surface area contributed by atoms with Gasteiger partial charge in [0.15, 0.2) is 0 Å². The Bertz CT molecular complexity index is 148. The largest absolute Gasteiger partial charge is 0.324 e. The maximum atomic E-state index is 11.0. The number of Topliss-reactive ketones (excluding diaryl/α,β-unsaturated/α-hetero) is 1. The molecule has 0 atom stereocenters. The van der Waals surface area contributed by atoms with Crippen LogP contribution in [0.4, 0.5) is 0 Å². The van der Waals surface area contributed by atoms with E-state index in [0.717, 1.165) is 12.3 Å². The summed E-state index contributed by atoms with van der Waals surface area (Å²) in [6.07, 6.45) is 5.77. The lowest BCUT2D eigenvalue weighted by atomic mass is 9.81. The van der Waals surface area contributed by atoms with Crippen molar-refractivity contribution in [3.63, 3.8) is 0 Å². The molecule has 0 amide bonds. The van der Waals surface area contributed by atoms with Crippen molar-refractivity contribution >= 4 is 5.78 Å². The summed E-state index contributed by atoms with van der Waals surface area (Å²) in [6.45, 7) is 2.52. The monoisotopic (exact) mass is 169 g/mol. The number of carbonyl (C=O) groups excluding carboxylic acids is 1. The van der Waals surface area contributed by atoms with Gasteiger partial charge in [-0.15, -0.1) is 0 Å². The maximum absolute atomic E-state index is 11.0. The van der Waals surface area contributed by atoms with Crippen molar-refractivity contribution in [1.29, 1.82) is 0 Å². The molecule has 2 N–H and O–H groups in total. The van der Waals surface area contributed by atoms with Crippen molar-refractivity contribution < 1.29 is 4.79 Å². The summed E-state index contributed by atoms with van der Waals surface area (Å²) in [5.74, 6) is 1.74. The summed E-state index contributed by atoms with van der Waals surface area (Å²) in [6, 6.07) is 0. The molecule has 0 aliphatic heterocycles. The predicted octanol–water partition coefficient (Wildman–Crippen LogP) is 1.73. The number of nitrogens with two attached hydrogens (primary N) is 1. The molecule has 1 rings (SSSR count). The molecule has 1 aliphatic carbocycles. The minimum Gasteiger partial charge on any atom is -0.324 e. The quantitative estimate of drug-likeness (QED) is 0.699. The van der Waals surface area contributed by atoms with Gasteiger partial charge in [0.2, 0.25) is 0 Å². The number of hydrogen-bond donors (Lipinski definition) is 1. The molecule has 0 saturated heterocycles. The minimum absolute atomic E-state index is 0.228. The lowest BCUT2D eigenvalue weighted by molar-refractivity contribution is -0.118. The molecular weight excluding hydrogens is 150 g/mol. The highest BCUT2D eigenvalue weighted by Gasteiger charge is 2.19. The maximum Gasteiger partial charge on any atom is 0.146 e. The molecule has 0 heterocycles. The van der Waals surface area contributed by atoms with E-state index in [1.165, 1.54) is 25.7 Å². The molecule has 0 aromatic heterocycles. The van der Waals surface area contributed by atoms with Gasteiger partial charge in [-0.25, -0.2) is 0 Å². The molecular formula is C10H19NO. The van der Waals surface area contributed by atoms with Crippen LogP contribution in [0, 0.1) is 11.8 Å². The number of ketones is 1. The van der Waals surface area contributed by atoms with Crippen LogP contribution in [-0.2, 0) is 4.79 Å². The molecule has 12 heavy (non-hydrogen) atoms. The molecule has 1 aliphatic rings. The zero-order chi connectivity index (χ0) is 8.97. The molecule has 1 saturated carbocycles. The van der Waals surface area contributed by atoms with Crippen molar-refractivity contribution in [3.05, 3.63) is 0 Å². The van der Waals surface area contributed by atoms with Crippen LogP contribution >= 0.6 is 0 Å². The summed E-state index contributed by atoms with van der Waals surface area (Å²) < 4.78 is 0. The molecule has 2 heteroatoms. The van der Waals surface area contributed by atoms with Crippen LogP contribution in [0.15, 0.2) is 0 Å². The van der Waals surface area contributed by atoms with Crippen LogP contribution < -0.4 is 5.73 Å². The second-order valence-corrected chi connectivity index (χ2v) is 4.07. The Morgan fingerprint density at radius 1 is 1.33 bits per heavy atom. The number of rotatable bonds is 3. The molecule has 0 bridgehead atoms. The Morgan fingerprint density at radius 3 is 2.42 bits per heavy atom. The molecule has 0 radical (unpaired) electrons. The van der Waals surface area contributed by atoms with Gasteiger partial charge in [-0.2, -0.15) is 0 Å². The molecule has 0 spiro atoms. The minimum atomic E-state index is 0.228. The molecule has 1 fully saturated rings. The van der Waals surface area contributed by atoms with Gasteiger partial charge in [0, 0.05) is 6.42 Å². The lowest BCUT2D eigenvalue weighted by Gasteiger charge is -2.25. The van der Waals surface area contributed by atoms with Crippen LogP contribution in [0.3, 0.4) is 0 Å². The smallest absolute Gasteiger partial charge is 0.146 e. The van der Waals surface area contributed by atoms with Crippen LogP contribution in [-0.4, -0.2) is 12.3 Å². The standard InChI is InChI=1S/C10H19NO/c1-8-2-4-9(5-3-8)6-10(12)7-11/h8-9H,2-7,11H2,1H3. The molecule has 0 aromatic carbocycles. The second kappa shape index (κ2) is 4.61. The normalized spacial score (nSPS) is 30.2. The van der Waals surface area contributed by atoms with Crippen molar-refractivity contribution in [1.82, 2.24) is 0 Å². The first-order chi connectivity index (χ1) is 5.72. The van der Waals surface area contributed by atoms with E-state index in [2.05, 4.69) is 6.92 Å². The molecule has 2 nitrogen and oxygen atoms in total. The lowest BCUT2D eigenvalue weighted by Crippen LogP contribution is -2.20. The third kappa shape index (κ3) is 2.94. The van der Waals surface area contributed by atoms with Crippen LogP contribution in [0.5, 0.6) is 0 Å². The fourth-order valence-corrected chi connectivity index (χ4v) is 1.94. The Kier molecular flexibility index (Phi) is 3.73. The van der Waals surface area contributed by atoms with Gasteiger partial charge < -0.3 is 5.73 Å². The van der Waals surface area contributed by atoms with Gasteiger partial charge in [0.05, 0.1) is 6.54 Å². The Balaban J connectivity index is 2.21. The van der Waals surface area contributed by atoms with E-state index >= 15 is 0 Å². The van der Waals surface area contributed by atoms with Crippen LogP contribution in [0.1, 0.15) is 39.0 Å². The third-order valence-electron chi connectivity index (χ3n) is 2.88. The van der Waals surface area contributed by atoms with Gasteiger partial charge in [-0.1, -0.05) is 19.8 Å². The van der Waals surface area contributed by atoms with Gasteiger partial charge in [-0.3, -0.25) is 4.79 Å². The summed E-state index contributed by atoms with van der Waals surface area (Å²) in [5.41, 5.74) is 5.27. The summed E-state index contributed by atoms with van der Waals surface area (Å²) in [5, 5.41) is 0. The first kappa shape index (κ1) is 9.72. The Labute approximate surface area is 74.5 Å². The first-order valence-electron chi connectivity index (χ1n) is 4.94. The second-order valence-electron chi connectivity index (χ2n) is 4.07. The van der Waals surface area contributed by atoms with Gasteiger partial charge in [0.1, 0.15) is 5.78 Å². The third-order valence-corrected chi connectivity index (χ3v) is 2.88. The average molecular weight is 169 g/mol. The van der Waals surface area contributed by atoms with E-state index in [0.29, 0.717) is 5.92 Å². The van der Waals surface area contributed by atoms with Crippen molar-refractivity contribution in [3.8, 4) is 0 Å². The molecule has 0 aromatic rings. The highest BCUT2D eigenvalue weighted by atomic mass is 16.1. The highest BCUT2D eigenvalue weighted by Crippen LogP contribution is 2.30. The zero-order valence-corrected chi connectivity index (χ0v) is 7.88. The summed E-state index contributed by atoms with van der Waals surface area (Å²) in [7, 11) is 0. The van der Waals surface area contributed by atoms with Gasteiger partial charge in [0.25, 0.3) is 0 Å². The van der Waals surface area contributed by atoms with E-state index in [1.807, 2.05) is 0 Å². The van der Waals surface area contributed by atoms with E-state index < -0.39 is 0 Å². The van der Waals surface area contributed by atoms with E-state index in [-0.39, 0.29) is 12.3 Å². The van der Waals surface area contributed by atoms with Crippen LogP contribution in [0.2, 0.25) is 0 Å². The predicted molar refractivity (Wildman–Crippen MR) is 49.8 cm³/mol. The summed E-state index contributed by atoms with van der Waals surface area (Å²) >= 11 is 0. The van der Waals surface area contributed by atoms with E-state index in [9.17, 15) is 4.79 Å². The molecule has 70 valence electrons. The zero-order valence-electron chi connectivity index (χ0n) is 7.88. The topological polar surface area (TPSA) is 43.1 Å². The van der Waals surface area contributed by atoms with Crippen molar-refractivity contribution in [2.75, 3.05) is 6.54 Å². The Hall–Kier alpha value is -0.370. The number of hydrogen-bond acceptors (Lipinski definition) is 2. The fourth-order valence-electron chi connectivity index (χ4n) is 1.94. The first-order valence-corrected chi connectivity index (χ1v) is 4.94. The summed E-state index contributed by atoms with van der Waals surface area (Å²) in [4.78, 5) is 11.0. The van der Waals surface area contributed by atoms with Crippen molar-refractivity contribution in [2.45, 2.75) is 39.0 Å². The van der Waals surface area contributed by atoms with Crippen molar-refractivity contribution in [2.24, 2.45) is 17.6 Å². The SMILES string of the molecule is CC1CCC(CC(=O)CN)CC1. The van der Waals surface area contributed by atoms with E-state index in [1.54, 1.807) is 0 Å². The van der Waals surface area contributed by atoms with E-state index in [4.69, 9.17) is 5.73 Å². The number of carbonyl (C=O) groups is 1. The van der Waals surface area contributed by atoms with Gasteiger partial charge >= 0.3 is 0 Å². The highest BCUT2D eigenvalue weighted by molar-refractivity contribution is 5.80. The van der Waals surface area contributed by atoms with Crippen LogP contribution in [0.25, 0.3) is 0 Å². The van der Waals surface area contributed by atoms with Gasteiger partial charge in [-0.05, 0) is 24.7 Å².